The molecule has 1 N–H and O–H groups in total. The third kappa shape index (κ3) is 4.59. The number of hydrogen-bond donors (Lipinski definition) is 1. The summed E-state index contributed by atoms with van der Waals surface area (Å²) < 4.78 is 5.93. The summed E-state index contributed by atoms with van der Waals surface area (Å²) in [6.07, 6.45) is 2.34. The van der Waals surface area contributed by atoms with Crippen molar-refractivity contribution in [2.75, 3.05) is 49.5 Å². The number of benzene rings is 2. The molecule has 0 bridgehead atoms. The number of anilines is 2. The Hall–Kier alpha value is -2.24. The first kappa shape index (κ1) is 19.1. The van der Waals surface area contributed by atoms with Gasteiger partial charge in [0.05, 0.1) is 17.3 Å². The molecule has 0 radical (unpaired) electrons. The first-order chi connectivity index (χ1) is 13.7. The summed E-state index contributed by atoms with van der Waals surface area (Å²) in [5.41, 5.74) is 3.21. The number of fused-ring (bicyclic) bond motifs is 1. The molecule has 1 amide bonds. The van der Waals surface area contributed by atoms with Gasteiger partial charge < -0.3 is 15.0 Å². The van der Waals surface area contributed by atoms with Crippen molar-refractivity contribution in [1.29, 1.82) is 0 Å². The van der Waals surface area contributed by atoms with Gasteiger partial charge in [0.2, 0.25) is 5.91 Å². The van der Waals surface area contributed by atoms with E-state index in [0.717, 1.165) is 73.3 Å². The van der Waals surface area contributed by atoms with E-state index >= 15 is 0 Å². The van der Waals surface area contributed by atoms with E-state index < -0.39 is 0 Å². The fourth-order valence-corrected chi connectivity index (χ4v) is 4.10. The van der Waals surface area contributed by atoms with Gasteiger partial charge in [0, 0.05) is 44.8 Å². The van der Waals surface area contributed by atoms with Crippen LogP contribution in [0.25, 0.3) is 0 Å². The summed E-state index contributed by atoms with van der Waals surface area (Å²) in [7, 11) is 0. The van der Waals surface area contributed by atoms with Crippen LogP contribution in [0.1, 0.15) is 18.4 Å². The average Bonchev–Trinajstić information content (AvgIpc) is 2.72. The SMILES string of the molecule is O=C1CCc2cc(OCCCN3CCN(c4ccccc4Cl)CC3)ccc2N1. The van der Waals surface area contributed by atoms with Crippen LogP contribution < -0.4 is 15.0 Å². The quantitative estimate of drug-likeness (QED) is 0.750. The molecule has 2 aromatic carbocycles. The van der Waals surface area contributed by atoms with Crippen LogP contribution >= 0.6 is 11.6 Å². The molecule has 2 aliphatic heterocycles. The van der Waals surface area contributed by atoms with E-state index in [-0.39, 0.29) is 5.91 Å². The number of rotatable bonds is 6. The van der Waals surface area contributed by atoms with Crippen LogP contribution in [-0.2, 0) is 11.2 Å². The number of hydrogen-bond acceptors (Lipinski definition) is 4. The lowest BCUT2D eigenvalue weighted by molar-refractivity contribution is -0.116. The van der Waals surface area contributed by atoms with Crippen molar-refractivity contribution in [3.63, 3.8) is 0 Å². The van der Waals surface area contributed by atoms with Crippen LogP contribution in [0.15, 0.2) is 42.5 Å². The maximum absolute atomic E-state index is 11.4. The van der Waals surface area contributed by atoms with Gasteiger partial charge in [-0.25, -0.2) is 0 Å². The van der Waals surface area contributed by atoms with Gasteiger partial charge in [-0.05, 0) is 48.7 Å². The summed E-state index contributed by atoms with van der Waals surface area (Å²) in [4.78, 5) is 16.3. The molecule has 28 heavy (non-hydrogen) atoms. The van der Waals surface area contributed by atoms with E-state index in [1.165, 1.54) is 0 Å². The second kappa shape index (κ2) is 8.84. The van der Waals surface area contributed by atoms with Crippen LogP contribution in [0.5, 0.6) is 5.75 Å². The summed E-state index contributed by atoms with van der Waals surface area (Å²) >= 11 is 6.31. The molecule has 6 heteroatoms. The Morgan fingerprint density at radius 1 is 1.04 bits per heavy atom. The highest BCUT2D eigenvalue weighted by atomic mass is 35.5. The highest BCUT2D eigenvalue weighted by Crippen LogP contribution is 2.27. The predicted octanol–water partition coefficient (Wildman–Crippen LogP) is 3.82. The fraction of sp³-hybridized carbons (Fsp3) is 0.409. The Kier molecular flexibility index (Phi) is 6.03. The molecule has 2 heterocycles. The lowest BCUT2D eigenvalue weighted by Gasteiger charge is -2.36. The summed E-state index contributed by atoms with van der Waals surface area (Å²) in [6.45, 7) is 5.84. The Balaban J connectivity index is 1.19. The number of piperazine rings is 1. The highest BCUT2D eigenvalue weighted by Gasteiger charge is 2.18. The number of nitrogens with one attached hydrogen (secondary N) is 1. The summed E-state index contributed by atoms with van der Waals surface area (Å²) in [5.74, 6) is 0.981. The van der Waals surface area contributed by atoms with Crippen LogP contribution in [0.2, 0.25) is 5.02 Å². The summed E-state index contributed by atoms with van der Waals surface area (Å²) in [6, 6.07) is 14.0. The molecule has 2 aromatic rings. The molecular weight excluding hydrogens is 374 g/mol. The predicted molar refractivity (Wildman–Crippen MR) is 114 cm³/mol. The lowest BCUT2D eigenvalue weighted by Crippen LogP contribution is -2.46. The molecule has 0 aromatic heterocycles. The first-order valence-corrected chi connectivity index (χ1v) is 10.3. The van der Waals surface area contributed by atoms with Gasteiger partial charge in [-0.1, -0.05) is 23.7 Å². The topological polar surface area (TPSA) is 44.8 Å². The monoisotopic (exact) mass is 399 g/mol. The molecule has 0 aliphatic carbocycles. The van der Waals surface area contributed by atoms with Crippen LogP contribution in [0, 0.1) is 0 Å². The number of amides is 1. The maximum atomic E-state index is 11.4. The molecule has 0 saturated carbocycles. The van der Waals surface area contributed by atoms with Crippen molar-refractivity contribution in [3.8, 4) is 5.75 Å². The Labute approximate surface area is 171 Å². The van der Waals surface area contributed by atoms with Gasteiger partial charge in [-0.3, -0.25) is 9.69 Å². The van der Waals surface area contributed by atoms with Crippen LogP contribution in [0.4, 0.5) is 11.4 Å². The number of carbonyl (C=O) groups is 1. The Morgan fingerprint density at radius 2 is 1.86 bits per heavy atom. The first-order valence-electron chi connectivity index (χ1n) is 9.96. The third-order valence-corrected chi connectivity index (χ3v) is 5.74. The minimum atomic E-state index is 0.0933. The van der Waals surface area contributed by atoms with Crippen molar-refractivity contribution < 1.29 is 9.53 Å². The third-order valence-electron chi connectivity index (χ3n) is 5.43. The molecule has 1 saturated heterocycles. The van der Waals surface area contributed by atoms with Crippen LogP contribution in [0.3, 0.4) is 0 Å². The van der Waals surface area contributed by atoms with Crippen molar-refractivity contribution in [2.45, 2.75) is 19.3 Å². The molecule has 0 unspecified atom stereocenters. The normalized spacial score (nSPS) is 17.2. The standard InChI is InChI=1S/C22H26ClN3O2/c23-19-4-1-2-5-21(19)26-13-11-25(12-14-26)10-3-15-28-18-7-8-20-17(16-18)6-9-22(27)24-20/h1-2,4-5,7-8,16H,3,6,9-15H2,(H,24,27). The fourth-order valence-electron chi connectivity index (χ4n) is 3.85. The van der Waals surface area contributed by atoms with E-state index in [9.17, 15) is 4.79 Å². The lowest BCUT2D eigenvalue weighted by atomic mass is 10.0. The molecule has 0 spiro atoms. The minimum Gasteiger partial charge on any atom is -0.494 e. The van der Waals surface area contributed by atoms with E-state index in [1.54, 1.807) is 0 Å². The van der Waals surface area contributed by atoms with Gasteiger partial charge in [-0.2, -0.15) is 0 Å². The second-order valence-corrected chi connectivity index (χ2v) is 7.76. The number of ether oxygens (including phenoxy) is 1. The van der Waals surface area contributed by atoms with E-state index in [2.05, 4.69) is 27.2 Å². The van der Waals surface area contributed by atoms with E-state index in [1.807, 2.05) is 30.3 Å². The smallest absolute Gasteiger partial charge is 0.224 e. The highest BCUT2D eigenvalue weighted by molar-refractivity contribution is 6.33. The van der Waals surface area contributed by atoms with E-state index in [4.69, 9.17) is 16.3 Å². The maximum Gasteiger partial charge on any atom is 0.224 e. The van der Waals surface area contributed by atoms with Gasteiger partial charge >= 0.3 is 0 Å². The minimum absolute atomic E-state index is 0.0933. The molecule has 0 atom stereocenters. The zero-order valence-corrected chi connectivity index (χ0v) is 16.8. The number of nitrogens with zero attached hydrogens (tertiary/aromatic N) is 2. The Morgan fingerprint density at radius 3 is 2.68 bits per heavy atom. The van der Waals surface area contributed by atoms with Crippen LogP contribution in [-0.4, -0.2) is 50.1 Å². The zero-order valence-electron chi connectivity index (χ0n) is 16.0. The number of para-hydroxylation sites is 1. The number of carbonyl (C=O) groups excluding carboxylic acids is 1. The van der Waals surface area contributed by atoms with Gasteiger partial charge in [0.15, 0.2) is 0 Å². The summed E-state index contributed by atoms with van der Waals surface area (Å²) in [5, 5.41) is 3.73. The van der Waals surface area contributed by atoms with E-state index in [0.29, 0.717) is 13.0 Å². The van der Waals surface area contributed by atoms with Crippen molar-refractivity contribution in [3.05, 3.63) is 53.1 Å². The van der Waals surface area contributed by atoms with Crippen molar-refractivity contribution >= 4 is 28.9 Å². The largest absolute Gasteiger partial charge is 0.494 e. The molecule has 4 rings (SSSR count). The van der Waals surface area contributed by atoms with Gasteiger partial charge in [-0.15, -0.1) is 0 Å². The zero-order chi connectivity index (χ0) is 19.3. The van der Waals surface area contributed by atoms with Crippen molar-refractivity contribution in [1.82, 2.24) is 4.90 Å². The average molecular weight is 400 g/mol. The van der Waals surface area contributed by atoms with Gasteiger partial charge in [0.25, 0.3) is 0 Å². The van der Waals surface area contributed by atoms with Gasteiger partial charge in [0.1, 0.15) is 5.75 Å². The Bertz CT molecular complexity index is 834. The molecule has 148 valence electrons. The number of halogens is 1. The molecular formula is C22H26ClN3O2. The second-order valence-electron chi connectivity index (χ2n) is 7.35. The van der Waals surface area contributed by atoms with Crippen molar-refractivity contribution in [2.24, 2.45) is 0 Å². The molecule has 1 fully saturated rings. The number of aryl methyl sites for hydroxylation is 1. The molecule has 5 nitrogen and oxygen atoms in total. The molecule has 2 aliphatic rings.